The number of halogens is 3. The molecule has 1 aromatic rings. The summed E-state index contributed by atoms with van der Waals surface area (Å²) in [7, 11) is 0. The highest BCUT2D eigenvalue weighted by Gasteiger charge is 2.40. The van der Waals surface area contributed by atoms with Crippen molar-refractivity contribution in [3.05, 3.63) is 11.6 Å². The van der Waals surface area contributed by atoms with Gasteiger partial charge in [-0.25, -0.2) is 0 Å². The van der Waals surface area contributed by atoms with Gasteiger partial charge < -0.3 is 15.2 Å². The summed E-state index contributed by atoms with van der Waals surface area (Å²) in [6, 6.07) is -0.714. The van der Waals surface area contributed by atoms with Crippen molar-refractivity contribution in [3.63, 3.8) is 0 Å². The number of alkyl halides is 3. The SMILES string of the molecule is CC(C)(C)C(N)C(=O)N1CCn2c(nnc2C(F)(F)F)C1. The van der Waals surface area contributed by atoms with Crippen molar-refractivity contribution in [2.75, 3.05) is 6.54 Å². The fourth-order valence-electron chi connectivity index (χ4n) is 2.12. The quantitative estimate of drug-likeness (QED) is 0.840. The summed E-state index contributed by atoms with van der Waals surface area (Å²) < 4.78 is 39.2. The number of amides is 1. The number of carbonyl (C=O) groups is 1. The molecule has 1 atom stereocenters. The van der Waals surface area contributed by atoms with Gasteiger partial charge in [0.15, 0.2) is 5.82 Å². The van der Waals surface area contributed by atoms with Crippen LogP contribution in [0.1, 0.15) is 32.4 Å². The third-order valence-corrected chi connectivity index (χ3v) is 3.52. The molecule has 118 valence electrons. The third kappa shape index (κ3) is 3.02. The second kappa shape index (κ2) is 4.97. The predicted octanol–water partition coefficient (Wildman–Crippen LogP) is 1.01. The molecule has 0 saturated heterocycles. The molecule has 0 spiro atoms. The molecule has 9 heteroatoms. The van der Waals surface area contributed by atoms with Gasteiger partial charge in [0.2, 0.25) is 11.7 Å². The number of fused-ring (bicyclic) bond motifs is 1. The molecular formula is C12H18F3N5O. The van der Waals surface area contributed by atoms with Gasteiger partial charge in [0.25, 0.3) is 0 Å². The molecule has 1 aliphatic rings. The molecule has 0 fully saturated rings. The lowest BCUT2D eigenvalue weighted by molar-refractivity contribution is -0.148. The van der Waals surface area contributed by atoms with Gasteiger partial charge in [-0.3, -0.25) is 4.79 Å². The largest absolute Gasteiger partial charge is 0.451 e. The highest BCUT2D eigenvalue weighted by Crippen LogP contribution is 2.29. The molecule has 2 heterocycles. The smallest absolute Gasteiger partial charge is 0.332 e. The maximum absolute atomic E-state index is 12.7. The Balaban J connectivity index is 2.18. The monoisotopic (exact) mass is 305 g/mol. The van der Waals surface area contributed by atoms with Crippen molar-refractivity contribution in [1.82, 2.24) is 19.7 Å². The average molecular weight is 305 g/mol. The van der Waals surface area contributed by atoms with Gasteiger partial charge in [0.1, 0.15) is 0 Å². The van der Waals surface area contributed by atoms with Crippen LogP contribution in [0.3, 0.4) is 0 Å². The van der Waals surface area contributed by atoms with Gasteiger partial charge in [-0.1, -0.05) is 20.8 Å². The summed E-state index contributed by atoms with van der Waals surface area (Å²) in [5, 5.41) is 6.71. The number of hydrogen-bond donors (Lipinski definition) is 1. The van der Waals surface area contributed by atoms with Crippen LogP contribution in [-0.4, -0.2) is 38.2 Å². The maximum atomic E-state index is 12.7. The third-order valence-electron chi connectivity index (χ3n) is 3.52. The van der Waals surface area contributed by atoms with Gasteiger partial charge in [-0.15, -0.1) is 10.2 Å². The summed E-state index contributed by atoms with van der Waals surface area (Å²) in [5.41, 5.74) is 5.49. The number of carbonyl (C=O) groups excluding carboxylic acids is 1. The van der Waals surface area contributed by atoms with Crippen LogP contribution in [0.4, 0.5) is 13.2 Å². The second-order valence-corrected chi connectivity index (χ2v) is 6.19. The van der Waals surface area contributed by atoms with E-state index in [1.54, 1.807) is 0 Å². The lowest BCUT2D eigenvalue weighted by Gasteiger charge is -2.34. The molecule has 1 aromatic heterocycles. The normalized spacial score (nSPS) is 17.6. The van der Waals surface area contributed by atoms with E-state index in [1.165, 1.54) is 4.90 Å². The first-order valence-corrected chi connectivity index (χ1v) is 6.55. The highest BCUT2D eigenvalue weighted by molar-refractivity contribution is 5.82. The Morgan fingerprint density at radius 3 is 2.38 bits per heavy atom. The number of rotatable bonds is 1. The molecule has 0 aliphatic carbocycles. The molecule has 1 unspecified atom stereocenters. The van der Waals surface area contributed by atoms with Crippen LogP contribution >= 0.6 is 0 Å². The van der Waals surface area contributed by atoms with E-state index in [4.69, 9.17) is 5.73 Å². The molecule has 2 rings (SSSR count). The minimum atomic E-state index is -4.54. The van der Waals surface area contributed by atoms with E-state index in [2.05, 4.69) is 10.2 Å². The van der Waals surface area contributed by atoms with Gasteiger partial charge in [-0.2, -0.15) is 13.2 Å². The zero-order valence-corrected chi connectivity index (χ0v) is 12.1. The van der Waals surface area contributed by atoms with Crippen LogP contribution in [0.15, 0.2) is 0 Å². The zero-order chi connectivity index (χ0) is 16.0. The highest BCUT2D eigenvalue weighted by atomic mass is 19.4. The van der Waals surface area contributed by atoms with E-state index >= 15 is 0 Å². The Morgan fingerprint density at radius 2 is 1.86 bits per heavy atom. The fraction of sp³-hybridized carbons (Fsp3) is 0.750. The first-order chi connectivity index (χ1) is 9.51. The lowest BCUT2D eigenvalue weighted by atomic mass is 9.86. The number of aromatic nitrogens is 3. The predicted molar refractivity (Wildman–Crippen MR) is 67.9 cm³/mol. The molecular weight excluding hydrogens is 287 g/mol. The van der Waals surface area contributed by atoms with E-state index in [9.17, 15) is 18.0 Å². The Bertz CT molecular complexity index is 546. The standard InChI is InChI=1S/C12H18F3N5O/c1-11(2,3)8(16)9(21)19-4-5-20-7(6-19)17-18-10(20)12(13,14)15/h8H,4-6,16H2,1-3H3. The average Bonchev–Trinajstić information content (AvgIpc) is 2.78. The lowest BCUT2D eigenvalue weighted by Crippen LogP contribution is -2.52. The van der Waals surface area contributed by atoms with Crippen molar-refractivity contribution >= 4 is 5.91 Å². The molecule has 0 radical (unpaired) electrons. The van der Waals surface area contributed by atoms with Crippen LogP contribution < -0.4 is 5.73 Å². The van der Waals surface area contributed by atoms with Crippen LogP contribution in [0.2, 0.25) is 0 Å². The molecule has 1 aliphatic heterocycles. The molecule has 21 heavy (non-hydrogen) atoms. The van der Waals surface area contributed by atoms with E-state index in [1.807, 2.05) is 20.8 Å². The summed E-state index contributed by atoms with van der Waals surface area (Å²) in [6.45, 7) is 5.68. The summed E-state index contributed by atoms with van der Waals surface area (Å²) in [5.74, 6) is -1.18. The Morgan fingerprint density at radius 1 is 1.24 bits per heavy atom. The molecule has 0 aromatic carbocycles. The van der Waals surface area contributed by atoms with Crippen LogP contribution in [0.25, 0.3) is 0 Å². The van der Waals surface area contributed by atoms with Crippen molar-refractivity contribution in [1.29, 1.82) is 0 Å². The topological polar surface area (TPSA) is 77.0 Å². The summed E-state index contributed by atoms with van der Waals surface area (Å²) >= 11 is 0. The fourth-order valence-corrected chi connectivity index (χ4v) is 2.12. The minimum Gasteiger partial charge on any atom is -0.332 e. The van der Waals surface area contributed by atoms with Crippen LogP contribution in [-0.2, 0) is 24.1 Å². The van der Waals surface area contributed by atoms with E-state index < -0.39 is 23.5 Å². The molecule has 0 bridgehead atoms. The van der Waals surface area contributed by atoms with Crippen molar-refractivity contribution in [3.8, 4) is 0 Å². The van der Waals surface area contributed by atoms with Crippen molar-refractivity contribution < 1.29 is 18.0 Å². The number of nitrogens with zero attached hydrogens (tertiary/aromatic N) is 4. The molecule has 6 nitrogen and oxygen atoms in total. The van der Waals surface area contributed by atoms with E-state index in [0.717, 1.165) is 4.57 Å². The molecule has 2 N–H and O–H groups in total. The Hall–Kier alpha value is -1.64. The number of nitrogens with two attached hydrogens (primary N) is 1. The van der Waals surface area contributed by atoms with E-state index in [-0.39, 0.29) is 31.4 Å². The minimum absolute atomic E-state index is 0.00824. The number of hydrogen-bond acceptors (Lipinski definition) is 4. The van der Waals surface area contributed by atoms with Crippen LogP contribution in [0, 0.1) is 5.41 Å². The zero-order valence-electron chi connectivity index (χ0n) is 12.1. The van der Waals surface area contributed by atoms with Gasteiger partial charge in [0.05, 0.1) is 12.6 Å². The Kier molecular flexibility index (Phi) is 3.73. The van der Waals surface area contributed by atoms with Gasteiger partial charge in [0, 0.05) is 13.1 Å². The first kappa shape index (κ1) is 15.7. The van der Waals surface area contributed by atoms with Crippen molar-refractivity contribution in [2.24, 2.45) is 11.1 Å². The first-order valence-electron chi connectivity index (χ1n) is 6.55. The second-order valence-electron chi connectivity index (χ2n) is 6.19. The molecule has 0 saturated carbocycles. The van der Waals surface area contributed by atoms with Gasteiger partial charge in [-0.05, 0) is 5.41 Å². The van der Waals surface area contributed by atoms with Crippen molar-refractivity contribution in [2.45, 2.75) is 46.1 Å². The Labute approximate surface area is 120 Å². The summed E-state index contributed by atoms with van der Waals surface area (Å²) in [4.78, 5) is 13.7. The van der Waals surface area contributed by atoms with E-state index in [0.29, 0.717) is 0 Å². The molecule has 1 amide bonds. The summed E-state index contributed by atoms with van der Waals surface area (Å²) in [6.07, 6.45) is -4.54. The maximum Gasteiger partial charge on any atom is 0.451 e. The van der Waals surface area contributed by atoms with Crippen LogP contribution in [0.5, 0.6) is 0 Å². The van der Waals surface area contributed by atoms with Gasteiger partial charge >= 0.3 is 6.18 Å².